The van der Waals surface area contributed by atoms with Crippen molar-refractivity contribution in [2.45, 2.75) is 6.54 Å². The van der Waals surface area contributed by atoms with Gasteiger partial charge in [0, 0.05) is 18.6 Å². The number of nitrogen functional groups attached to an aromatic ring is 1. The summed E-state index contributed by atoms with van der Waals surface area (Å²) in [7, 11) is 3.01. The van der Waals surface area contributed by atoms with Gasteiger partial charge in [0.2, 0.25) is 5.95 Å². The summed E-state index contributed by atoms with van der Waals surface area (Å²) in [6.07, 6.45) is 0. The third-order valence-corrected chi connectivity index (χ3v) is 4.20. The standard InChI is InChI=1S/C14H15BrN6O2/c1-19-11-10(12(22)20(2)14(19)23)21(13(17-11)18-16)7-8-4-3-5-9(15)6-8/h3-6H,7,16H2,1-2H3,(H,17,18). The van der Waals surface area contributed by atoms with E-state index in [1.165, 1.54) is 11.6 Å². The molecule has 120 valence electrons. The summed E-state index contributed by atoms with van der Waals surface area (Å²) in [4.78, 5) is 28.8. The fraction of sp³-hybridized carbons (Fsp3) is 0.214. The maximum Gasteiger partial charge on any atom is 0.332 e. The molecule has 0 radical (unpaired) electrons. The molecule has 0 unspecified atom stereocenters. The van der Waals surface area contributed by atoms with Gasteiger partial charge in [-0.3, -0.25) is 23.9 Å². The van der Waals surface area contributed by atoms with Crippen molar-refractivity contribution in [3.05, 3.63) is 55.1 Å². The number of aryl methyl sites for hydroxylation is 1. The number of nitrogens with zero attached hydrogens (tertiary/aromatic N) is 4. The van der Waals surface area contributed by atoms with Crippen LogP contribution in [0, 0.1) is 0 Å². The fourth-order valence-corrected chi connectivity index (χ4v) is 2.98. The monoisotopic (exact) mass is 378 g/mol. The second-order valence-corrected chi connectivity index (χ2v) is 6.09. The minimum Gasteiger partial charge on any atom is -0.299 e. The van der Waals surface area contributed by atoms with Gasteiger partial charge in [-0.2, -0.15) is 4.98 Å². The molecule has 0 atom stereocenters. The summed E-state index contributed by atoms with van der Waals surface area (Å²) in [5.41, 5.74) is 3.23. The van der Waals surface area contributed by atoms with Gasteiger partial charge in [0.25, 0.3) is 5.56 Å². The predicted octanol–water partition coefficient (Wildman–Crippen LogP) is 0.530. The van der Waals surface area contributed by atoms with E-state index >= 15 is 0 Å². The van der Waals surface area contributed by atoms with E-state index in [2.05, 4.69) is 26.3 Å². The average Bonchev–Trinajstić information content (AvgIpc) is 2.89. The Morgan fingerprint density at radius 2 is 2.00 bits per heavy atom. The van der Waals surface area contributed by atoms with Gasteiger partial charge >= 0.3 is 5.69 Å². The molecule has 0 spiro atoms. The fourth-order valence-electron chi connectivity index (χ4n) is 2.53. The normalized spacial score (nSPS) is 11.1. The number of hydrazine groups is 1. The van der Waals surface area contributed by atoms with Gasteiger partial charge in [0.15, 0.2) is 11.2 Å². The molecule has 1 aromatic carbocycles. The van der Waals surface area contributed by atoms with Crippen LogP contribution in [0.25, 0.3) is 11.2 Å². The van der Waals surface area contributed by atoms with Gasteiger partial charge in [-0.05, 0) is 17.7 Å². The van der Waals surface area contributed by atoms with Crippen molar-refractivity contribution < 1.29 is 0 Å². The topological polar surface area (TPSA) is 99.9 Å². The van der Waals surface area contributed by atoms with Crippen LogP contribution in [0.2, 0.25) is 0 Å². The molecule has 0 aliphatic rings. The number of nitrogens with one attached hydrogen (secondary N) is 1. The average molecular weight is 379 g/mol. The van der Waals surface area contributed by atoms with E-state index in [1.807, 2.05) is 24.3 Å². The first kappa shape index (κ1) is 15.5. The number of nitrogens with two attached hydrogens (primary N) is 1. The minimum atomic E-state index is -0.432. The molecule has 0 aliphatic carbocycles. The van der Waals surface area contributed by atoms with E-state index in [0.717, 1.165) is 14.6 Å². The number of benzene rings is 1. The molecule has 0 fully saturated rings. The third-order valence-electron chi connectivity index (χ3n) is 3.71. The van der Waals surface area contributed by atoms with Crippen LogP contribution in [0.3, 0.4) is 0 Å². The van der Waals surface area contributed by atoms with E-state index in [4.69, 9.17) is 5.84 Å². The van der Waals surface area contributed by atoms with Crippen LogP contribution < -0.4 is 22.5 Å². The first-order valence-electron chi connectivity index (χ1n) is 6.81. The van der Waals surface area contributed by atoms with Crippen LogP contribution in [-0.2, 0) is 20.6 Å². The number of anilines is 1. The molecular weight excluding hydrogens is 364 g/mol. The van der Waals surface area contributed by atoms with Crippen LogP contribution >= 0.6 is 15.9 Å². The summed E-state index contributed by atoms with van der Waals surface area (Å²) in [5, 5.41) is 0. The molecule has 0 saturated carbocycles. The number of hydrogen-bond acceptors (Lipinski definition) is 5. The Labute approximate surface area is 139 Å². The van der Waals surface area contributed by atoms with Gasteiger partial charge in [0.1, 0.15) is 0 Å². The molecule has 2 heterocycles. The van der Waals surface area contributed by atoms with Crippen molar-refractivity contribution in [2.75, 3.05) is 5.43 Å². The van der Waals surface area contributed by atoms with Crippen molar-refractivity contribution in [2.24, 2.45) is 19.9 Å². The molecular formula is C14H15BrN6O2. The SMILES string of the molecule is Cn1c(=O)c2c(nc(NN)n2Cc2cccc(Br)c2)n(C)c1=O. The van der Waals surface area contributed by atoms with Crippen molar-refractivity contribution in [1.82, 2.24) is 18.7 Å². The highest BCUT2D eigenvalue weighted by Crippen LogP contribution is 2.19. The first-order valence-corrected chi connectivity index (χ1v) is 7.60. The molecule has 0 aliphatic heterocycles. The highest BCUT2D eigenvalue weighted by Gasteiger charge is 2.18. The van der Waals surface area contributed by atoms with Crippen LogP contribution in [0.5, 0.6) is 0 Å². The van der Waals surface area contributed by atoms with Gasteiger partial charge in [-0.25, -0.2) is 10.6 Å². The molecule has 23 heavy (non-hydrogen) atoms. The molecule has 0 saturated heterocycles. The zero-order chi connectivity index (χ0) is 16.7. The molecule has 2 aromatic heterocycles. The van der Waals surface area contributed by atoms with Crippen molar-refractivity contribution in [1.29, 1.82) is 0 Å². The maximum absolute atomic E-state index is 12.5. The lowest BCUT2D eigenvalue weighted by Crippen LogP contribution is -2.37. The van der Waals surface area contributed by atoms with Crippen molar-refractivity contribution >= 4 is 33.0 Å². The summed E-state index contributed by atoms with van der Waals surface area (Å²) < 4.78 is 4.98. The summed E-state index contributed by atoms with van der Waals surface area (Å²) in [6, 6.07) is 7.70. The van der Waals surface area contributed by atoms with Crippen LogP contribution in [0.1, 0.15) is 5.56 Å². The largest absolute Gasteiger partial charge is 0.332 e. The molecule has 0 bridgehead atoms. The Hall–Kier alpha value is -2.39. The lowest BCUT2D eigenvalue weighted by molar-refractivity contribution is 0.702. The lowest BCUT2D eigenvalue weighted by Gasteiger charge is -2.09. The second-order valence-electron chi connectivity index (χ2n) is 5.17. The Morgan fingerprint density at radius 1 is 1.26 bits per heavy atom. The van der Waals surface area contributed by atoms with Crippen molar-refractivity contribution in [3.63, 3.8) is 0 Å². The van der Waals surface area contributed by atoms with E-state index < -0.39 is 11.2 Å². The number of rotatable bonds is 3. The quantitative estimate of drug-likeness (QED) is 0.511. The lowest BCUT2D eigenvalue weighted by atomic mass is 10.2. The molecule has 0 amide bonds. The smallest absolute Gasteiger partial charge is 0.299 e. The summed E-state index contributed by atoms with van der Waals surface area (Å²) in [5.74, 6) is 5.85. The highest BCUT2D eigenvalue weighted by atomic mass is 79.9. The van der Waals surface area contributed by atoms with Crippen LogP contribution in [-0.4, -0.2) is 18.7 Å². The number of aromatic nitrogens is 4. The number of halogens is 1. The zero-order valence-corrected chi connectivity index (χ0v) is 14.2. The van der Waals surface area contributed by atoms with Gasteiger partial charge in [0.05, 0.1) is 6.54 Å². The minimum absolute atomic E-state index is 0.293. The number of hydrogen-bond donors (Lipinski definition) is 2. The molecule has 3 N–H and O–H groups in total. The van der Waals surface area contributed by atoms with E-state index in [1.54, 1.807) is 11.6 Å². The van der Waals surface area contributed by atoms with Crippen molar-refractivity contribution in [3.8, 4) is 0 Å². The van der Waals surface area contributed by atoms with E-state index in [9.17, 15) is 9.59 Å². The maximum atomic E-state index is 12.5. The van der Waals surface area contributed by atoms with Gasteiger partial charge in [-0.15, -0.1) is 0 Å². The second kappa shape index (κ2) is 5.67. The molecule has 3 rings (SSSR count). The molecule has 3 aromatic rings. The Kier molecular flexibility index (Phi) is 3.82. The Morgan fingerprint density at radius 3 is 2.65 bits per heavy atom. The van der Waals surface area contributed by atoms with Gasteiger partial charge < -0.3 is 0 Å². The molecule has 8 nitrogen and oxygen atoms in total. The van der Waals surface area contributed by atoms with E-state index in [-0.39, 0.29) is 0 Å². The van der Waals surface area contributed by atoms with Gasteiger partial charge in [-0.1, -0.05) is 28.1 Å². The van der Waals surface area contributed by atoms with E-state index in [0.29, 0.717) is 23.7 Å². The highest BCUT2D eigenvalue weighted by molar-refractivity contribution is 9.10. The third kappa shape index (κ3) is 2.47. The van der Waals surface area contributed by atoms with Crippen LogP contribution in [0.4, 0.5) is 5.95 Å². The zero-order valence-electron chi connectivity index (χ0n) is 12.6. The Balaban J connectivity index is 2.31. The Bertz CT molecular complexity index is 1020. The number of fused-ring (bicyclic) bond motifs is 1. The summed E-state index contributed by atoms with van der Waals surface area (Å²) >= 11 is 3.42. The first-order chi connectivity index (χ1) is 10.9. The summed E-state index contributed by atoms with van der Waals surface area (Å²) in [6.45, 7) is 0.392. The predicted molar refractivity (Wildman–Crippen MR) is 91.3 cm³/mol. The molecule has 9 heteroatoms. The van der Waals surface area contributed by atoms with Crippen LogP contribution in [0.15, 0.2) is 38.3 Å². The number of imidazole rings is 1.